The Morgan fingerprint density at radius 2 is 1.82 bits per heavy atom. The Morgan fingerprint density at radius 3 is 2.71 bits per heavy atom. The van der Waals surface area contributed by atoms with E-state index in [0.717, 1.165) is 5.75 Å². The van der Waals surface area contributed by atoms with Crippen LogP contribution in [0.2, 0.25) is 0 Å². The fourth-order valence-corrected chi connectivity index (χ4v) is 3.23. The fraction of sp³-hybridized carbons (Fsp3) is 0.0667. The molecule has 17 heavy (non-hydrogen) atoms. The second-order valence-corrected chi connectivity index (χ2v) is 5.39. The monoisotopic (exact) mass is 256 g/mol. The number of hydrogen-bond donors (Lipinski definition) is 1. The highest BCUT2D eigenvalue weighted by atomic mass is 32.1. The second-order valence-electron chi connectivity index (χ2n) is 3.94. The summed E-state index contributed by atoms with van der Waals surface area (Å²) in [5, 5.41) is 2.71. The van der Waals surface area contributed by atoms with Crippen LogP contribution in [0.1, 0.15) is 5.56 Å². The van der Waals surface area contributed by atoms with Crippen LogP contribution in [0.15, 0.2) is 48.5 Å². The van der Waals surface area contributed by atoms with Crippen LogP contribution in [0.5, 0.6) is 0 Å². The SMILES string of the molecule is SCC=Cc1ccc2sc3ccccc3c2c1. The third-order valence-electron chi connectivity index (χ3n) is 2.82. The zero-order valence-electron chi connectivity index (χ0n) is 9.26. The highest BCUT2D eigenvalue weighted by molar-refractivity contribution is 7.80. The third-order valence-corrected chi connectivity index (χ3v) is 4.18. The van der Waals surface area contributed by atoms with Crippen molar-refractivity contribution in [3.05, 3.63) is 54.1 Å². The van der Waals surface area contributed by atoms with Gasteiger partial charge in [0.1, 0.15) is 0 Å². The van der Waals surface area contributed by atoms with Gasteiger partial charge in [-0.2, -0.15) is 12.6 Å². The number of benzene rings is 2. The molecule has 0 aliphatic carbocycles. The third kappa shape index (κ3) is 1.99. The van der Waals surface area contributed by atoms with Gasteiger partial charge < -0.3 is 0 Å². The van der Waals surface area contributed by atoms with E-state index in [-0.39, 0.29) is 0 Å². The van der Waals surface area contributed by atoms with Gasteiger partial charge in [-0.15, -0.1) is 11.3 Å². The van der Waals surface area contributed by atoms with Crippen LogP contribution in [0, 0.1) is 0 Å². The van der Waals surface area contributed by atoms with Gasteiger partial charge in [0.2, 0.25) is 0 Å². The van der Waals surface area contributed by atoms with Crippen LogP contribution in [0.25, 0.3) is 26.2 Å². The summed E-state index contributed by atoms with van der Waals surface area (Å²) >= 11 is 6.04. The van der Waals surface area contributed by atoms with Gasteiger partial charge in [-0.1, -0.05) is 36.4 Å². The average Bonchev–Trinajstić information content (AvgIpc) is 2.74. The predicted octanol–water partition coefficient (Wildman–Crippen LogP) is 5.00. The van der Waals surface area contributed by atoms with E-state index in [0.29, 0.717) is 0 Å². The summed E-state index contributed by atoms with van der Waals surface area (Å²) in [5.41, 5.74) is 1.25. The van der Waals surface area contributed by atoms with Crippen molar-refractivity contribution < 1.29 is 0 Å². The molecule has 0 N–H and O–H groups in total. The quantitative estimate of drug-likeness (QED) is 0.613. The summed E-state index contributed by atoms with van der Waals surface area (Å²) in [6, 6.07) is 15.2. The van der Waals surface area contributed by atoms with E-state index >= 15 is 0 Å². The molecule has 0 aliphatic rings. The maximum Gasteiger partial charge on any atom is 0.0355 e. The molecule has 0 saturated heterocycles. The average molecular weight is 256 g/mol. The lowest BCUT2D eigenvalue weighted by atomic mass is 10.1. The molecule has 1 aromatic heterocycles. The first-order valence-electron chi connectivity index (χ1n) is 5.57. The number of fused-ring (bicyclic) bond motifs is 3. The molecular formula is C15H12S2. The molecule has 1 heterocycles. The minimum absolute atomic E-state index is 0.780. The molecule has 0 bridgehead atoms. The smallest absolute Gasteiger partial charge is 0.0355 e. The molecule has 0 spiro atoms. The molecule has 0 unspecified atom stereocenters. The number of thiophene rings is 1. The van der Waals surface area contributed by atoms with E-state index in [1.165, 1.54) is 25.7 Å². The molecule has 0 atom stereocenters. The first-order chi connectivity index (χ1) is 8.38. The summed E-state index contributed by atoms with van der Waals surface area (Å²) in [6.07, 6.45) is 4.19. The Bertz CT molecular complexity index is 692. The number of thiol groups is 1. The van der Waals surface area contributed by atoms with Crippen LogP contribution in [0.4, 0.5) is 0 Å². The number of hydrogen-bond acceptors (Lipinski definition) is 2. The normalized spacial score (nSPS) is 11.8. The molecule has 0 fully saturated rings. The Morgan fingerprint density at radius 1 is 1.00 bits per heavy atom. The summed E-state index contributed by atoms with van der Waals surface area (Å²) in [4.78, 5) is 0. The Hall–Kier alpha value is -1.25. The summed E-state index contributed by atoms with van der Waals surface area (Å²) in [6.45, 7) is 0. The van der Waals surface area contributed by atoms with Crippen molar-refractivity contribution in [1.82, 2.24) is 0 Å². The topological polar surface area (TPSA) is 0 Å². The van der Waals surface area contributed by atoms with Gasteiger partial charge >= 0.3 is 0 Å². The summed E-state index contributed by atoms with van der Waals surface area (Å²) < 4.78 is 2.71. The van der Waals surface area contributed by atoms with E-state index in [9.17, 15) is 0 Å². The Labute approximate surface area is 110 Å². The molecule has 2 heteroatoms. The lowest BCUT2D eigenvalue weighted by Gasteiger charge is -1.95. The fourth-order valence-electron chi connectivity index (χ4n) is 2.04. The van der Waals surface area contributed by atoms with E-state index in [1.807, 2.05) is 11.3 Å². The minimum atomic E-state index is 0.780. The highest BCUT2D eigenvalue weighted by Crippen LogP contribution is 2.34. The van der Waals surface area contributed by atoms with E-state index in [4.69, 9.17) is 0 Å². The molecule has 84 valence electrons. The molecule has 3 rings (SSSR count). The summed E-state index contributed by atoms with van der Waals surface area (Å²) in [5.74, 6) is 0.780. The maximum atomic E-state index is 4.19. The standard InChI is InChI=1S/C15H12S2/c16-9-3-4-11-7-8-15-13(10-11)12-5-1-2-6-14(12)17-15/h1-8,10,16H,9H2. The van der Waals surface area contributed by atoms with Crippen LogP contribution in [-0.4, -0.2) is 5.75 Å². The van der Waals surface area contributed by atoms with Crippen molar-refractivity contribution >= 4 is 50.2 Å². The van der Waals surface area contributed by atoms with Crippen molar-refractivity contribution in [2.75, 3.05) is 5.75 Å². The molecule has 0 radical (unpaired) electrons. The van der Waals surface area contributed by atoms with Crippen molar-refractivity contribution in [3.8, 4) is 0 Å². The van der Waals surface area contributed by atoms with Gasteiger partial charge in [-0.25, -0.2) is 0 Å². The zero-order valence-corrected chi connectivity index (χ0v) is 11.0. The maximum absolute atomic E-state index is 4.19. The first kappa shape index (κ1) is 10.9. The zero-order chi connectivity index (χ0) is 11.7. The molecule has 2 aromatic carbocycles. The van der Waals surface area contributed by atoms with Gasteiger partial charge in [-0.05, 0) is 23.8 Å². The minimum Gasteiger partial charge on any atom is -0.175 e. The van der Waals surface area contributed by atoms with Gasteiger partial charge in [-0.3, -0.25) is 0 Å². The summed E-state index contributed by atoms with van der Waals surface area (Å²) in [7, 11) is 0. The number of rotatable bonds is 2. The van der Waals surface area contributed by atoms with Crippen LogP contribution >= 0.6 is 24.0 Å². The molecule has 0 saturated carbocycles. The predicted molar refractivity (Wildman–Crippen MR) is 82.2 cm³/mol. The molecule has 0 nitrogen and oxygen atoms in total. The van der Waals surface area contributed by atoms with Crippen LogP contribution < -0.4 is 0 Å². The van der Waals surface area contributed by atoms with Gasteiger partial charge in [0.05, 0.1) is 0 Å². The van der Waals surface area contributed by atoms with Crippen molar-refractivity contribution in [2.24, 2.45) is 0 Å². The van der Waals surface area contributed by atoms with Gasteiger partial charge in [0, 0.05) is 25.9 Å². The first-order valence-corrected chi connectivity index (χ1v) is 7.02. The van der Waals surface area contributed by atoms with Crippen molar-refractivity contribution in [1.29, 1.82) is 0 Å². The highest BCUT2D eigenvalue weighted by Gasteiger charge is 2.03. The van der Waals surface area contributed by atoms with Crippen LogP contribution in [0.3, 0.4) is 0 Å². The van der Waals surface area contributed by atoms with Crippen molar-refractivity contribution in [2.45, 2.75) is 0 Å². The van der Waals surface area contributed by atoms with Gasteiger partial charge in [0.15, 0.2) is 0 Å². The molecule has 3 aromatic rings. The Kier molecular flexibility index (Phi) is 2.91. The molecule has 0 amide bonds. The van der Waals surface area contributed by atoms with E-state index in [1.54, 1.807) is 0 Å². The van der Waals surface area contributed by atoms with Crippen molar-refractivity contribution in [3.63, 3.8) is 0 Å². The van der Waals surface area contributed by atoms with E-state index < -0.39 is 0 Å². The largest absolute Gasteiger partial charge is 0.175 e. The molecule has 0 aliphatic heterocycles. The van der Waals surface area contributed by atoms with Crippen LogP contribution in [-0.2, 0) is 0 Å². The van der Waals surface area contributed by atoms with E-state index in [2.05, 4.69) is 67.2 Å². The lowest BCUT2D eigenvalue weighted by Crippen LogP contribution is -1.72. The Balaban J connectivity index is 2.26. The second kappa shape index (κ2) is 4.55. The van der Waals surface area contributed by atoms with Gasteiger partial charge in [0.25, 0.3) is 0 Å². The molecular weight excluding hydrogens is 244 g/mol. The lowest BCUT2D eigenvalue weighted by molar-refractivity contribution is 1.73.